The van der Waals surface area contributed by atoms with Crippen LogP contribution in [0.4, 0.5) is 0 Å². The number of pyridine rings is 1. The molecule has 0 amide bonds. The number of rotatable bonds is 2. The van der Waals surface area contributed by atoms with Crippen LogP contribution in [0.3, 0.4) is 0 Å². The van der Waals surface area contributed by atoms with Crippen LogP contribution >= 0.6 is 0 Å². The minimum atomic E-state index is 0.344. The highest BCUT2D eigenvalue weighted by atomic mass is 16.3. The Kier molecular flexibility index (Phi) is 1.75. The van der Waals surface area contributed by atoms with Gasteiger partial charge in [-0.1, -0.05) is 6.92 Å². The summed E-state index contributed by atoms with van der Waals surface area (Å²) in [7, 11) is 0. The first-order valence-electron chi connectivity index (χ1n) is 4.43. The smallest absolute Gasteiger partial charge is 0.137 e. The molecule has 2 heteroatoms. The van der Waals surface area contributed by atoms with E-state index in [0.29, 0.717) is 11.7 Å². The number of hydrogen-bond acceptors (Lipinski definition) is 2. The summed E-state index contributed by atoms with van der Waals surface area (Å²) in [5, 5.41) is 9.50. The molecule has 0 saturated heterocycles. The van der Waals surface area contributed by atoms with E-state index in [0.717, 1.165) is 11.6 Å². The first-order chi connectivity index (χ1) is 5.79. The molecule has 1 N–H and O–H groups in total. The van der Waals surface area contributed by atoms with Crippen molar-refractivity contribution in [2.24, 2.45) is 5.92 Å². The highest BCUT2D eigenvalue weighted by molar-refractivity contribution is 5.28. The fourth-order valence-corrected chi connectivity index (χ4v) is 1.58. The topological polar surface area (TPSA) is 33.1 Å². The van der Waals surface area contributed by atoms with E-state index in [2.05, 4.69) is 11.9 Å². The zero-order chi connectivity index (χ0) is 8.55. The second-order valence-electron chi connectivity index (χ2n) is 3.53. The van der Waals surface area contributed by atoms with Crippen LogP contribution in [0.2, 0.25) is 0 Å². The summed E-state index contributed by atoms with van der Waals surface area (Å²) >= 11 is 0. The lowest BCUT2D eigenvalue weighted by molar-refractivity contribution is 0.452. The highest BCUT2D eigenvalue weighted by Crippen LogP contribution is 2.43. The van der Waals surface area contributed by atoms with Gasteiger partial charge < -0.3 is 5.11 Å². The molecular weight excluding hydrogens is 150 g/mol. The molecule has 1 unspecified atom stereocenters. The lowest BCUT2D eigenvalue weighted by atomic mass is 10.0. The van der Waals surface area contributed by atoms with Crippen molar-refractivity contribution < 1.29 is 5.11 Å². The summed E-state index contributed by atoms with van der Waals surface area (Å²) < 4.78 is 0. The third kappa shape index (κ3) is 1.29. The van der Waals surface area contributed by atoms with Gasteiger partial charge in [0, 0.05) is 12.1 Å². The Balaban J connectivity index is 2.25. The molecule has 0 radical (unpaired) electrons. The Bertz CT molecular complexity index is 281. The first kappa shape index (κ1) is 7.59. The van der Waals surface area contributed by atoms with Crippen LogP contribution in [-0.2, 0) is 0 Å². The van der Waals surface area contributed by atoms with Crippen molar-refractivity contribution in [1.29, 1.82) is 0 Å². The minimum Gasteiger partial charge on any atom is -0.506 e. The molecule has 1 saturated carbocycles. The van der Waals surface area contributed by atoms with Crippen molar-refractivity contribution in [3.8, 4) is 5.75 Å². The SMILES string of the molecule is CC(c1ncccc1O)C1CC1. The molecule has 12 heavy (non-hydrogen) atoms. The summed E-state index contributed by atoms with van der Waals surface area (Å²) in [5.41, 5.74) is 0.861. The standard InChI is InChI=1S/C10H13NO/c1-7(8-4-5-8)10-9(12)3-2-6-11-10/h2-3,6-8,12H,4-5H2,1H3. The second kappa shape index (κ2) is 2.77. The molecule has 2 rings (SSSR count). The number of hydrogen-bond donors (Lipinski definition) is 1. The maximum absolute atomic E-state index is 9.50. The van der Waals surface area contributed by atoms with Crippen molar-refractivity contribution in [1.82, 2.24) is 4.98 Å². The Morgan fingerprint density at radius 1 is 1.58 bits per heavy atom. The highest BCUT2D eigenvalue weighted by Gasteiger charge is 2.30. The molecule has 0 bridgehead atoms. The van der Waals surface area contributed by atoms with E-state index >= 15 is 0 Å². The normalized spacial score (nSPS) is 19.1. The van der Waals surface area contributed by atoms with E-state index in [1.54, 1.807) is 18.3 Å². The Morgan fingerprint density at radius 2 is 2.33 bits per heavy atom. The van der Waals surface area contributed by atoms with E-state index in [1.165, 1.54) is 12.8 Å². The Labute approximate surface area is 72.3 Å². The molecule has 64 valence electrons. The molecule has 0 spiro atoms. The predicted octanol–water partition coefficient (Wildman–Crippen LogP) is 2.30. The third-order valence-corrected chi connectivity index (χ3v) is 2.58. The lowest BCUT2D eigenvalue weighted by Crippen LogP contribution is -1.98. The fraction of sp³-hybridized carbons (Fsp3) is 0.500. The summed E-state index contributed by atoms with van der Waals surface area (Å²) in [6.07, 6.45) is 4.32. The molecule has 1 aliphatic rings. The fourth-order valence-electron chi connectivity index (χ4n) is 1.58. The first-order valence-corrected chi connectivity index (χ1v) is 4.43. The van der Waals surface area contributed by atoms with E-state index in [4.69, 9.17) is 0 Å². The number of aromatic nitrogens is 1. The van der Waals surface area contributed by atoms with Crippen molar-refractivity contribution in [2.45, 2.75) is 25.7 Å². The van der Waals surface area contributed by atoms with E-state index < -0.39 is 0 Å². The summed E-state index contributed by atoms with van der Waals surface area (Å²) in [6, 6.07) is 3.47. The van der Waals surface area contributed by atoms with Crippen LogP contribution in [0.5, 0.6) is 5.75 Å². The van der Waals surface area contributed by atoms with Crippen LogP contribution in [0.25, 0.3) is 0 Å². The summed E-state index contributed by atoms with van der Waals surface area (Å²) in [4.78, 5) is 4.19. The Hall–Kier alpha value is -1.05. The van der Waals surface area contributed by atoms with Crippen molar-refractivity contribution in [3.63, 3.8) is 0 Å². The van der Waals surface area contributed by atoms with Crippen molar-refractivity contribution in [3.05, 3.63) is 24.0 Å². The van der Waals surface area contributed by atoms with Gasteiger partial charge in [-0.25, -0.2) is 0 Å². The molecule has 1 heterocycles. The molecule has 2 nitrogen and oxygen atoms in total. The Morgan fingerprint density at radius 3 is 2.92 bits per heavy atom. The maximum Gasteiger partial charge on any atom is 0.137 e. The average Bonchev–Trinajstić information content (AvgIpc) is 2.86. The number of nitrogens with zero attached hydrogens (tertiary/aromatic N) is 1. The zero-order valence-corrected chi connectivity index (χ0v) is 7.20. The molecule has 0 aromatic carbocycles. The van der Waals surface area contributed by atoms with Gasteiger partial charge in [-0.2, -0.15) is 0 Å². The molecule has 1 atom stereocenters. The van der Waals surface area contributed by atoms with Gasteiger partial charge in [-0.15, -0.1) is 0 Å². The van der Waals surface area contributed by atoms with Crippen molar-refractivity contribution >= 4 is 0 Å². The van der Waals surface area contributed by atoms with Gasteiger partial charge in [0.2, 0.25) is 0 Å². The van der Waals surface area contributed by atoms with E-state index in [9.17, 15) is 5.11 Å². The quantitative estimate of drug-likeness (QED) is 0.725. The van der Waals surface area contributed by atoms with Crippen LogP contribution in [-0.4, -0.2) is 10.1 Å². The molecule has 0 aliphatic heterocycles. The molecule has 1 aromatic rings. The van der Waals surface area contributed by atoms with Crippen LogP contribution < -0.4 is 0 Å². The van der Waals surface area contributed by atoms with Gasteiger partial charge >= 0.3 is 0 Å². The lowest BCUT2D eigenvalue weighted by Gasteiger charge is -2.09. The molecule has 1 aliphatic carbocycles. The van der Waals surface area contributed by atoms with Gasteiger partial charge in [0.05, 0.1) is 5.69 Å². The van der Waals surface area contributed by atoms with Gasteiger partial charge in [0.15, 0.2) is 0 Å². The largest absolute Gasteiger partial charge is 0.506 e. The maximum atomic E-state index is 9.50. The predicted molar refractivity (Wildman–Crippen MR) is 47.0 cm³/mol. The second-order valence-corrected chi connectivity index (χ2v) is 3.53. The van der Waals surface area contributed by atoms with Crippen LogP contribution in [0.1, 0.15) is 31.4 Å². The van der Waals surface area contributed by atoms with Crippen molar-refractivity contribution in [2.75, 3.05) is 0 Å². The van der Waals surface area contributed by atoms with Crippen LogP contribution in [0.15, 0.2) is 18.3 Å². The van der Waals surface area contributed by atoms with Gasteiger partial charge in [-0.3, -0.25) is 4.98 Å². The molecular formula is C10H13NO. The summed E-state index contributed by atoms with van der Waals surface area (Å²) in [6.45, 7) is 2.14. The average molecular weight is 163 g/mol. The minimum absolute atomic E-state index is 0.344. The van der Waals surface area contributed by atoms with E-state index in [-0.39, 0.29) is 0 Å². The molecule has 1 fully saturated rings. The summed E-state index contributed by atoms with van der Waals surface area (Å²) in [5.74, 6) is 1.52. The van der Waals surface area contributed by atoms with Gasteiger partial charge in [-0.05, 0) is 30.9 Å². The molecule has 1 aromatic heterocycles. The van der Waals surface area contributed by atoms with Gasteiger partial charge in [0.1, 0.15) is 5.75 Å². The zero-order valence-electron chi connectivity index (χ0n) is 7.20. The number of aromatic hydroxyl groups is 1. The van der Waals surface area contributed by atoms with Gasteiger partial charge in [0.25, 0.3) is 0 Å². The third-order valence-electron chi connectivity index (χ3n) is 2.58. The monoisotopic (exact) mass is 163 g/mol. The van der Waals surface area contributed by atoms with E-state index in [1.807, 2.05) is 0 Å². The van der Waals surface area contributed by atoms with Crippen LogP contribution in [0, 0.1) is 5.92 Å².